The monoisotopic (exact) mass is 398 g/mol. The Balaban J connectivity index is 0.000000231. The Kier molecular flexibility index (Phi) is 7.08. The van der Waals surface area contributed by atoms with Crippen LogP contribution in [0.2, 0.25) is 0 Å². The van der Waals surface area contributed by atoms with E-state index in [4.69, 9.17) is 10.3 Å². The third kappa shape index (κ3) is 7.68. The summed E-state index contributed by atoms with van der Waals surface area (Å²) in [6.07, 6.45) is 2.75. The molecule has 0 aliphatic carbocycles. The Morgan fingerprint density at radius 3 is 2.48 bits per heavy atom. The molecule has 0 bridgehead atoms. The zero-order valence-electron chi connectivity index (χ0n) is 12.2. The van der Waals surface area contributed by atoms with Crippen LogP contribution in [0.1, 0.15) is 21.6 Å². The third-order valence-electron chi connectivity index (χ3n) is 2.55. The highest BCUT2D eigenvalue weighted by Gasteiger charge is 2.03. The van der Waals surface area contributed by atoms with Crippen molar-refractivity contribution in [3.8, 4) is 0 Å². The number of hydrogen-bond acceptors (Lipinski definition) is 4. The van der Waals surface area contributed by atoms with E-state index in [1.54, 1.807) is 30.3 Å². The number of amides is 1. The second kappa shape index (κ2) is 8.56. The zero-order valence-corrected chi connectivity index (χ0v) is 14.6. The smallest absolute Gasteiger partial charge is 0.287 e. The van der Waals surface area contributed by atoms with Crippen LogP contribution in [0.25, 0.3) is 6.08 Å². The molecule has 122 valence electrons. The summed E-state index contributed by atoms with van der Waals surface area (Å²) in [4.78, 5) is 14.6. The zero-order chi connectivity index (χ0) is 17.5. The maximum Gasteiger partial charge on any atom is 0.287 e. The van der Waals surface area contributed by atoms with E-state index in [0.717, 1.165) is 10.0 Å². The van der Waals surface area contributed by atoms with Crippen LogP contribution in [-0.4, -0.2) is 23.9 Å². The molecule has 0 saturated carbocycles. The molecule has 8 heteroatoms. The number of benzene rings is 1. The Morgan fingerprint density at radius 2 is 2.00 bits per heavy atom. The number of pyridine rings is 1. The molecule has 2 rings (SSSR count). The van der Waals surface area contributed by atoms with E-state index in [9.17, 15) is 13.2 Å². The number of aromatic nitrogens is 1. The summed E-state index contributed by atoms with van der Waals surface area (Å²) >= 11 is 3.29. The number of nitrogens with zero attached hydrogens (tertiary/aromatic N) is 1. The van der Waals surface area contributed by atoms with Gasteiger partial charge in [-0.1, -0.05) is 22.0 Å². The molecule has 23 heavy (non-hydrogen) atoms. The van der Waals surface area contributed by atoms with E-state index >= 15 is 0 Å². The summed E-state index contributed by atoms with van der Waals surface area (Å²) in [7, 11) is -4.04. The number of aryl methyl sites for hydroxylation is 1. The van der Waals surface area contributed by atoms with Crippen molar-refractivity contribution in [2.24, 2.45) is 5.73 Å². The number of hydrogen-bond donors (Lipinski definition) is 2. The molecule has 0 aliphatic rings. The van der Waals surface area contributed by atoms with Crippen molar-refractivity contribution in [3.63, 3.8) is 0 Å². The first-order chi connectivity index (χ1) is 10.7. The van der Waals surface area contributed by atoms with Crippen LogP contribution >= 0.6 is 15.9 Å². The fourth-order valence-electron chi connectivity index (χ4n) is 1.53. The standard InChI is InChI=1S/C8H8BrNO.C7H7NO3S/c1-5-4-6(9)2-3-7(5)8(10)11;9-12(10,11)6-4-7-3-1-2-5-8-7/h2-4H,1H3,(H2,10,11);1-6H,(H,9,10,11)/b;6-4+. The molecule has 0 aliphatic heterocycles. The molecule has 1 aromatic carbocycles. The first-order valence-corrected chi connectivity index (χ1v) is 8.61. The minimum atomic E-state index is -4.04. The van der Waals surface area contributed by atoms with Gasteiger partial charge in [0, 0.05) is 16.2 Å². The van der Waals surface area contributed by atoms with Gasteiger partial charge in [-0.3, -0.25) is 14.3 Å². The Labute approximate surface area is 142 Å². The average Bonchev–Trinajstić information content (AvgIpc) is 2.46. The Bertz CT molecular complexity index is 805. The summed E-state index contributed by atoms with van der Waals surface area (Å²) in [5.41, 5.74) is 7.06. The Hall–Kier alpha value is -2.03. The molecule has 1 amide bonds. The van der Waals surface area contributed by atoms with Gasteiger partial charge in [0.2, 0.25) is 5.91 Å². The minimum Gasteiger partial charge on any atom is -0.366 e. The molecule has 1 aromatic heterocycles. The molecule has 0 unspecified atom stereocenters. The van der Waals surface area contributed by atoms with Gasteiger partial charge in [0.05, 0.1) is 11.1 Å². The lowest BCUT2D eigenvalue weighted by Crippen LogP contribution is -2.12. The molecule has 2 aromatic rings. The third-order valence-corrected chi connectivity index (χ3v) is 3.53. The van der Waals surface area contributed by atoms with Crippen LogP contribution in [0.4, 0.5) is 0 Å². The predicted molar refractivity (Wildman–Crippen MR) is 92.2 cm³/mol. The van der Waals surface area contributed by atoms with Gasteiger partial charge in [-0.15, -0.1) is 0 Å². The summed E-state index contributed by atoms with van der Waals surface area (Å²) in [6.45, 7) is 1.85. The number of carbonyl (C=O) groups is 1. The van der Waals surface area contributed by atoms with Crippen LogP contribution in [0.5, 0.6) is 0 Å². The van der Waals surface area contributed by atoms with Crippen molar-refractivity contribution in [2.75, 3.05) is 0 Å². The molecule has 1 heterocycles. The van der Waals surface area contributed by atoms with Crippen molar-refractivity contribution in [2.45, 2.75) is 6.92 Å². The van der Waals surface area contributed by atoms with Gasteiger partial charge in [0.1, 0.15) is 0 Å². The average molecular weight is 399 g/mol. The van der Waals surface area contributed by atoms with E-state index in [1.165, 1.54) is 12.3 Å². The number of rotatable bonds is 3. The number of halogens is 1. The topological polar surface area (TPSA) is 110 Å². The lowest BCUT2D eigenvalue weighted by atomic mass is 10.1. The summed E-state index contributed by atoms with van der Waals surface area (Å²) in [5.74, 6) is -0.380. The Morgan fingerprint density at radius 1 is 1.30 bits per heavy atom. The predicted octanol–water partition coefficient (Wildman–Crippen LogP) is 2.80. The highest BCUT2D eigenvalue weighted by Crippen LogP contribution is 2.14. The fourth-order valence-corrected chi connectivity index (χ4v) is 2.32. The van der Waals surface area contributed by atoms with Gasteiger partial charge in [-0.2, -0.15) is 8.42 Å². The fraction of sp³-hybridized carbons (Fsp3) is 0.0667. The van der Waals surface area contributed by atoms with Crippen molar-refractivity contribution in [1.82, 2.24) is 4.98 Å². The molecular formula is C15H15BrN2O4S. The van der Waals surface area contributed by atoms with Crippen molar-refractivity contribution in [1.29, 1.82) is 0 Å². The van der Waals surface area contributed by atoms with E-state index in [2.05, 4.69) is 20.9 Å². The van der Waals surface area contributed by atoms with Gasteiger partial charge in [-0.05, 0) is 48.9 Å². The molecule has 6 nitrogen and oxygen atoms in total. The van der Waals surface area contributed by atoms with Gasteiger partial charge in [-0.25, -0.2) is 0 Å². The van der Waals surface area contributed by atoms with E-state index < -0.39 is 10.1 Å². The van der Waals surface area contributed by atoms with Crippen molar-refractivity contribution in [3.05, 3.63) is 69.3 Å². The maximum atomic E-state index is 10.7. The maximum absolute atomic E-state index is 10.7. The minimum absolute atomic E-state index is 0.380. The van der Waals surface area contributed by atoms with Crippen LogP contribution < -0.4 is 5.73 Å². The largest absolute Gasteiger partial charge is 0.366 e. The summed E-state index contributed by atoms with van der Waals surface area (Å²) in [6, 6.07) is 10.4. The van der Waals surface area contributed by atoms with Gasteiger partial charge < -0.3 is 5.73 Å². The SMILES string of the molecule is Cc1cc(Br)ccc1C(N)=O.O=S(=O)(O)/C=C/c1ccccn1. The highest BCUT2D eigenvalue weighted by molar-refractivity contribution is 9.10. The van der Waals surface area contributed by atoms with Crippen LogP contribution in [0.3, 0.4) is 0 Å². The lowest BCUT2D eigenvalue weighted by Gasteiger charge is -2.00. The van der Waals surface area contributed by atoms with E-state index in [0.29, 0.717) is 16.7 Å². The summed E-state index contributed by atoms with van der Waals surface area (Å²) in [5, 5.41) is 0.690. The van der Waals surface area contributed by atoms with Crippen molar-refractivity contribution < 1.29 is 17.8 Å². The molecule has 0 atom stereocenters. The van der Waals surface area contributed by atoms with Gasteiger partial charge in [0.15, 0.2) is 0 Å². The molecule has 0 saturated heterocycles. The first kappa shape index (κ1) is 19.0. The van der Waals surface area contributed by atoms with Crippen LogP contribution in [0.15, 0.2) is 52.5 Å². The second-order valence-electron chi connectivity index (χ2n) is 4.40. The van der Waals surface area contributed by atoms with Crippen LogP contribution in [0, 0.1) is 6.92 Å². The van der Waals surface area contributed by atoms with Crippen LogP contribution in [-0.2, 0) is 10.1 Å². The van der Waals surface area contributed by atoms with Crippen molar-refractivity contribution >= 4 is 38.0 Å². The quantitative estimate of drug-likeness (QED) is 0.772. The molecule has 3 N–H and O–H groups in total. The molecule has 0 spiro atoms. The summed E-state index contributed by atoms with van der Waals surface area (Å²) < 4.78 is 29.8. The van der Waals surface area contributed by atoms with Gasteiger partial charge >= 0.3 is 0 Å². The normalized spacial score (nSPS) is 10.9. The second-order valence-corrected chi connectivity index (χ2v) is 6.61. The highest BCUT2D eigenvalue weighted by atomic mass is 79.9. The van der Waals surface area contributed by atoms with E-state index in [-0.39, 0.29) is 5.91 Å². The molecular weight excluding hydrogens is 384 g/mol. The molecule has 0 fully saturated rings. The number of primary amides is 1. The number of nitrogens with two attached hydrogens (primary N) is 1. The lowest BCUT2D eigenvalue weighted by molar-refractivity contribution is 0.0999. The molecule has 0 radical (unpaired) electrons. The number of carbonyl (C=O) groups excluding carboxylic acids is 1. The first-order valence-electron chi connectivity index (χ1n) is 6.31. The van der Waals surface area contributed by atoms with E-state index in [1.807, 2.05) is 13.0 Å². The van der Waals surface area contributed by atoms with Gasteiger partial charge in [0.25, 0.3) is 10.1 Å².